The Balaban J connectivity index is 2.21. The number of alkyl carbamates (subject to hydrolysis) is 1. The zero-order chi connectivity index (χ0) is 14.5. The second-order valence-corrected chi connectivity index (χ2v) is 7.32. The Labute approximate surface area is 127 Å². The second kappa shape index (κ2) is 7.26. The van der Waals surface area contributed by atoms with Crippen molar-refractivity contribution in [2.75, 3.05) is 6.54 Å². The van der Waals surface area contributed by atoms with Crippen LogP contribution >= 0.6 is 27.3 Å². The van der Waals surface area contributed by atoms with Crippen molar-refractivity contribution >= 4 is 33.4 Å². The Morgan fingerprint density at radius 2 is 2.21 bits per heavy atom. The quantitative estimate of drug-likeness (QED) is 0.855. The standard InChI is InChI=1S/C13H21BrN2O2S/c1-9(16-12(17)18-13(2,3)4)6-15-7-11-5-10(14)8-19-11/h5,8-9,15H,6-7H2,1-4H3,(H,16,17). The lowest BCUT2D eigenvalue weighted by Crippen LogP contribution is -2.42. The molecule has 0 aromatic carbocycles. The van der Waals surface area contributed by atoms with Crippen LogP contribution in [0.4, 0.5) is 4.79 Å². The zero-order valence-electron chi connectivity index (χ0n) is 11.7. The molecule has 4 nitrogen and oxygen atoms in total. The molecule has 0 fully saturated rings. The van der Waals surface area contributed by atoms with Gasteiger partial charge in [-0.1, -0.05) is 0 Å². The number of hydrogen-bond donors (Lipinski definition) is 2. The minimum atomic E-state index is -0.458. The van der Waals surface area contributed by atoms with Gasteiger partial charge in [0, 0.05) is 33.9 Å². The Kier molecular flexibility index (Phi) is 6.29. The minimum absolute atomic E-state index is 0.0262. The normalized spacial score (nSPS) is 13.1. The monoisotopic (exact) mass is 348 g/mol. The van der Waals surface area contributed by atoms with Crippen molar-refractivity contribution in [3.8, 4) is 0 Å². The van der Waals surface area contributed by atoms with Gasteiger partial charge in [-0.2, -0.15) is 0 Å². The summed E-state index contributed by atoms with van der Waals surface area (Å²) < 4.78 is 6.30. The van der Waals surface area contributed by atoms with E-state index in [0.29, 0.717) is 6.54 Å². The first-order valence-corrected chi connectivity index (χ1v) is 7.86. The number of amides is 1. The molecule has 108 valence electrons. The van der Waals surface area contributed by atoms with E-state index >= 15 is 0 Å². The summed E-state index contributed by atoms with van der Waals surface area (Å²) in [5.74, 6) is 0. The van der Waals surface area contributed by atoms with Gasteiger partial charge in [0.1, 0.15) is 5.60 Å². The fourth-order valence-electron chi connectivity index (χ4n) is 1.42. The third-order valence-electron chi connectivity index (χ3n) is 2.13. The van der Waals surface area contributed by atoms with Gasteiger partial charge in [-0.05, 0) is 49.7 Å². The average molecular weight is 349 g/mol. The lowest BCUT2D eigenvalue weighted by atomic mass is 10.2. The maximum atomic E-state index is 11.5. The molecule has 0 spiro atoms. The highest BCUT2D eigenvalue weighted by molar-refractivity contribution is 9.10. The highest BCUT2D eigenvalue weighted by atomic mass is 79.9. The van der Waals surface area contributed by atoms with E-state index in [4.69, 9.17) is 4.74 Å². The summed E-state index contributed by atoms with van der Waals surface area (Å²) in [5.41, 5.74) is -0.458. The summed E-state index contributed by atoms with van der Waals surface area (Å²) in [6, 6.07) is 2.11. The molecular weight excluding hydrogens is 328 g/mol. The topological polar surface area (TPSA) is 50.4 Å². The second-order valence-electron chi connectivity index (χ2n) is 5.41. The average Bonchev–Trinajstić information content (AvgIpc) is 2.60. The van der Waals surface area contributed by atoms with E-state index < -0.39 is 5.60 Å². The van der Waals surface area contributed by atoms with Crippen LogP contribution in [0.3, 0.4) is 0 Å². The number of ether oxygens (including phenoxy) is 1. The van der Waals surface area contributed by atoms with Crippen molar-refractivity contribution < 1.29 is 9.53 Å². The van der Waals surface area contributed by atoms with E-state index in [1.807, 2.05) is 27.7 Å². The molecule has 1 unspecified atom stereocenters. The number of thiophene rings is 1. The molecule has 2 N–H and O–H groups in total. The predicted octanol–water partition coefficient (Wildman–Crippen LogP) is 3.51. The molecule has 1 rings (SSSR count). The number of halogens is 1. The van der Waals surface area contributed by atoms with Crippen LogP contribution in [0, 0.1) is 0 Å². The van der Waals surface area contributed by atoms with Crippen molar-refractivity contribution in [3.05, 3.63) is 20.8 Å². The van der Waals surface area contributed by atoms with E-state index in [1.54, 1.807) is 11.3 Å². The van der Waals surface area contributed by atoms with Gasteiger partial charge in [-0.15, -0.1) is 11.3 Å². The summed E-state index contributed by atoms with van der Waals surface area (Å²) in [4.78, 5) is 12.8. The van der Waals surface area contributed by atoms with Gasteiger partial charge < -0.3 is 15.4 Å². The lowest BCUT2D eigenvalue weighted by molar-refractivity contribution is 0.0508. The van der Waals surface area contributed by atoms with Gasteiger partial charge in [0.05, 0.1) is 0 Å². The van der Waals surface area contributed by atoms with Gasteiger partial charge in [0.2, 0.25) is 0 Å². The van der Waals surface area contributed by atoms with Gasteiger partial charge in [-0.3, -0.25) is 0 Å². The van der Waals surface area contributed by atoms with Crippen molar-refractivity contribution in [1.82, 2.24) is 10.6 Å². The summed E-state index contributed by atoms with van der Waals surface area (Å²) in [7, 11) is 0. The number of nitrogens with one attached hydrogen (secondary N) is 2. The SMILES string of the molecule is CC(CNCc1cc(Br)cs1)NC(=O)OC(C)(C)C. The van der Waals surface area contributed by atoms with Crippen molar-refractivity contribution in [1.29, 1.82) is 0 Å². The molecule has 0 bridgehead atoms. The maximum absolute atomic E-state index is 11.5. The van der Waals surface area contributed by atoms with E-state index in [0.717, 1.165) is 11.0 Å². The molecule has 19 heavy (non-hydrogen) atoms. The van der Waals surface area contributed by atoms with Crippen LogP contribution in [0.15, 0.2) is 15.9 Å². The molecule has 1 aromatic rings. The Morgan fingerprint density at radius 1 is 1.53 bits per heavy atom. The van der Waals surface area contributed by atoms with Crippen molar-refractivity contribution in [2.45, 2.75) is 45.9 Å². The van der Waals surface area contributed by atoms with Crippen LogP contribution in [-0.2, 0) is 11.3 Å². The highest BCUT2D eigenvalue weighted by Crippen LogP contribution is 2.19. The zero-order valence-corrected chi connectivity index (χ0v) is 14.2. The van der Waals surface area contributed by atoms with Crippen LogP contribution in [0.5, 0.6) is 0 Å². The highest BCUT2D eigenvalue weighted by Gasteiger charge is 2.17. The summed E-state index contributed by atoms with van der Waals surface area (Å²) >= 11 is 5.12. The van der Waals surface area contributed by atoms with Crippen molar-refractivity contribution in [3.63, 3.8) is 0 Å². The van der Waals surface area contributed by atoms with Crippen LogP contribution in [-0.4, -0.2) is 24.3 Å². The van der Waals surface area contributed by atoms with Crippen LogP contribution in [0.25, 0.3) is 0 Å². The first kappa shape index (κ1) is 16.5. The number of rotatable bonds is 5. The molecule has 1 heterocycles. The van der Waals surface area contributed by atoms with Gasteiger partial charge in [-0.25, -0.2) is 4.79 Å². The number of carbonyl (C=O) groups is 1. The Hall–Kier alpha value is -0.590. The fraction of sp³-hybridized carbons (Fsp3) is 0.615. The van der Waals surface area contributed by atoms with E-state index in [9.17, 15) is 4.79 Å². The molecule has 0 radical (unpaired) electrons. The van der Waals surface area contributed by atoms with Gasteiger partial charge in [0.15, 0.2) is 0 Å². The van der Waals surface area contributed by atoms with Gasteiger partial charge >= 0.3 is 6.09 Å². The van der Waals surface area contributed by atoms with E-state index in [2.05, 4.69) is 38.0 Å². The third kappa shape index (κ3) is 7.54. The Bertz CT molecular complexity index is 415. The van der Waals surface area contributed by atoms with Gasteiger partial charge in [0.25, 0.3) is 0 Å². The molecule has 0 saturated carbocycles. The molecule has 0 saturated heterocycles. The molecule has 1 aromatic heterocycles. The minimum Gasteiger partial charge on any atom is -0.444 e. The van der Waals surface area contributed by atoms with Crippen LogP contribution < -0.4 is 10.6 Å². The van der Waals surface area contributed by atoms with Crippen molar-refractivity contribution in [2.24, 2.45) is 0 Å². The molecule has 6 heteroatoms. The lowest BCUT2D eigenvalue weighted by Gasteiger charge is -2.22. The largest absolute Gasteiger partial charge is 0.444 e. The smallest absolute Gasteiger partial charge is 0.407 e. The summed E-state index contributed by atoms with van der Waals surface area (Å²) in [6.07, 6.45) is -0.374. The first-order valence-electron chi connectivity index (χ1n) is 6.19. The van der Waals surface area contributed by atoms with E-state index in [1.165, 1.54) is 4.88 Å². The molecule has 0 aliphatic rings. The predicted molar refractivity (Wildman–Crippen MR) is 82.6 cm³/mol. The molecule has 0 aliphatic carbocycles. The summed E-state index contributed by atoms with van der Waals surface area (Å²) in [6.45, 7) is 9.01. The number of hydrogen-bond acceptors (Lipinski definition) is 4. The van der Waals surface area contributed by atoms with Crippen LogP contribution in [0.2, 0.25) is 0 Å². The molecule has 0 aliphatic heterocycles. The van der Waals surface area contributed by atoms with Crippen LogP contribution in [0.1, 0.15) is 32.6 Å². The fourth-order valence-corrected chi connectivity index (χ4v) is 2.84. The third-order valence-corrected chi connectivity index (χ3v) is 3.83. The molecule has 1 amide bonds. The molecular formula is C13H21BrN2O2S. The molecule has 1 atom stereocenters. The first-order chi connectivity index (χ1) is 8.76. The summed E-state index contributed by atoms with van der Waals surface area (Å²) in [5, 5.41) is 8.16. The van der Waals surface area contributed by atoms with E-state index in [-0.39, 0.29) is 12.1 Å². The maximum Gasteiger partial charge on any atom is 0.407 e. The number of carbonyl (C=O) groups excluding carboxylic acids is 1. The Morgan fingerprint density at radius 3 is 2.74 bits per heavy atom.